The molecule has 0 aliphatic rings. The van der Waals surface area contributed by atoms with Gasteiger partial charge >= 0.3 is 13.1 Å². The van der Waals surface area contributed by atoms with Gasteiger partial charge in [-0.2, -0.15) is 0 Å². The van der Waals surface area contributed by atoms with Gasteiger partial charge in [-0.25, -0.2) is 0 Å². The number of nitrogens with two attached hydrogens (primary N) is 2. The Labute approximate surface area is 118 Å². The molecule has 0 aliphatic carbocycles. The molecule has 0 fully saturated rings. The van der Waals surface area contributed by atoms with Crippen LogP contribution in [0.25, 0.3) is 0 Å². The normalized spacial score (nSPS) is 13.1. The second-order valence-corrected chi connectivity index (χ2v) is 4.43. The fourth-order valence-electron chi connectivity index (χ4n) is 1.53. The van der Waals surface area contributed by atoms with E-state index in [4.69, 9.17) is 32.0 Å². The van der Waals surface area contributed by atoms with Gasteiger partial charge in [0.25, 0.3) is 0 Å². The Hall–Kier alpha value is -1.03. The van der Waals surface area contributed by atoms with E-state index in [9.17, 15) is 4.79 Å². The minimum atomic E-state index is -1.50. The summed E-state index contributed by atoms with van der Waals surface area (Å²) in [6, 6.07) is 0. The molecular weight excluding hydrogens is 274 g/mol. The van der Waals surface area contributed by atoms with E-state index in [1.54, 1.807) is 0 Å². The number of carbonyl (C=O) groups is 1. The van der Waals surface area contributed by atoms with Gasteiger partial charge in [0.2, 0.25) is 0 Å². The third-order valence-electron chi connectivity index (χ3n) is 2.69. The van der Waals surface area contributed by atoms with Crippen molar-refractivity contribution in [3.05, 3.63) is 0 Å². The molecule has 0 rings (SSSR count). The predicted octanol–water partition coefficient (Wildman–Crippen LogP) is -1.34. The van der Waals surface area contributed by atoms with Crippen LogP contribution in [-0.4, -0.2) is 58.2 Å². The fraction of sp³-hybridized carbons (Fsp3) is 0.778. The van der Waals surface area contributed by atoms with E-state index in [1.165, 1.54) is 11.9 Å². The summed E-state index contributed by atoms with van der Waals surface area (Å²) in [6.07, 6.45) is 1.27. The van der Waals surface area contributed by atoms with Gasteiger partial charge in [-0.15, -0.1) is 12.4 Å². The average Bonchev–Trinajstić information content (AvgIpc) is 2.23. The lowest BCUT2D eigenvalue weighted by Gasteiger charge is -2.30. The summed E-state index contributed by atoms with van der Waals surface area (Å²) in [5.74, 6) is -1.42. The number of likely N-dealkylation sites (N-methyl/N-ethyl adjacent to an activating group) is 1. The van der Waals surface area contributed by atoms with E-state index in [0.29, 0.717) is 12.8 Å². The molecule has 0 saturated carbocycles. The van der Waals surface area contributed by atoms with Crippen LogP contribution < -0.4 is 11.5 Å². The molecule has 0 aromatic rings. The van der Waals surface area contributed by atoms with Crippen molar-refractivity contribution in [3.8, 4) is 0 Å². The highest BCUT2D eigenvalue weighted by Gasteiger charge is 2.35. The highest BCUT2D eigenvalue weighted by Crippen LogP contribution is 2.15. The average molecular weight is 297 g/mol. The topological polar surface area (TPSA) is 157 Å². The van der Waals surface area contributed by atoms with Crippen LogP contribution in [0.1, 0.15) is 19.3 Å². The van der Waals surface area contributed by atoms with E-state index in [2.05, 4.69) is 0 Å². The zero-order chi connectivity index (χ0) is 14.3. The predicted molar refractivity (Wildman–Crippen MR) is 75.2 cm³/mol. The first-order valence-electron chi connectivity index (χ1n) is 5.62. The fourth-order valence-corrected chi connectivity index (χ4v) is 1.53. The van der Waals surface area contributed by atoms with Crippen LogP contribution in [-0.2, 0) is 4.79 Å². The van der Waals surface area contributed by atoms with Crippen molar-refractivity contribution >= 4 is 31.5 Å². The molecular formula is C9H22BClN4O4. The quantitative estimate of drug-likeness (QED) is 0.140. The number of rotatable bonds is 8. The van der Waals surface area contributed by atoms with E-state index in [-0.39, 0.29) is 37.7 Å². The number of nitrogens with zero attached hydrogens (tertiary/aromatic N) is 1. The summed E-state index contributed by atoms with van der Waals surface area (Å²) in [4.78, 5) is 12.4. The van der Waals surface area contributed by atoms with Crippen molar-refractivity contribution in [1.29, 1.82) is 5.41 Å². The smallest absolute Gasteiger partial charge is 0.451 e. The number of carboxylic acid groups (broad SMARTS) is 1. The van der Waals surface area contributed by atoms with Gasteiger partial charge < -0.3 is 31.5 Å². The lowest BCUT2D eigenvalue weighted by Crippen LogP contribution is -2.57. The standard InChI is InChI=1S/C9H21BN4O4.ClH/c1-14(8(11)12)6-9(13,7(15)16)4-2-3-5-10(17)18;/h17-18H,2-6,13H2,1H3,(H3,11,12)(H,15,16);1H. The molecule has 0 radical (unpaired) electrons. The van der Waals surface area contributed by atoms with E-state index in [0.717, 1.165) is 0 Å². The number of guanidine groups is 1. The molecule has 10 heteroatoms. The van der Waals surface area contributed by atoms with Gasteiger partial charge in [0.05, 0.1) is 0 Å². The van der Waals surface area contributed by atoms with Crippen molar-refractivity contribution in [3.63, 3.8) is 0 Å². The van der Waals surface area contributed by atoms with Crippen molar-refractivity contribution < 1.29 is 19.9 Å². The highest BCUT2D eigenvalue weighted by molar-refractivity contribution is 6.40. The maximum absolute atomic E-state index is 11.1. The molecule has 0 saturated heterocycles. The van der Waals surface area contributed by atoms with Crippen LogP contribution in [0.5, 0.6) is 0 Å². The summed E-state index contributed by atoms with van der Waals surface area (Å²) in [6.45, 7) is -0.0701. The lowest BCUT2D eigenvalue weighted by molar-refractivity contribution is -0.144. The minimum Gasteiger partial charge on any atom is -0.480 e. The molecule has 0 aliphatic heterocycles. The first-order valence-corrected chi connectivity index (χ1v) is 5.62. The monoisotopic (exact) mass is 296 g/mol. The van der Waals surface area contributed by atoms with Crippen molar-refractivity contribution in [2.24, 2.45) is 11.5 Å². The Morgan fingerprint density at radius 3 is 2.32 bits per heavy atom. The molecule has 0 amide bonds. The Morgan fingerprint density at radius 2 is 1.95 bits per heavy atom. The van der Waals surface area contributed by atoms with Crippen LogP contribution in [0.3, 0.4) is 0 Å². The van der Waals surface area contributed by atoms with Crippen LogP contribution in [0.2, 0.25) is 6.32 Å². The molecule has 8 nitrogen and oxygen atoms in total. The molecule has 0 bridgehead atoms. The molecule has 19 heavy (non-hydrogen) atoms. The first kappa shape index (κ1) is 20.3. The van der Waals surface area contributed by atoms with Gasteiger partial charge in [0.15, 0.2) is 5.96 Å². The summed E-state index contributed by atoms with van der Waals surface area (Å²) in [5.41, 5.74) is 9.51. The van der Waals surface area contributed by atoms with Gasteiger partial charge in [-0.05, 0) is 12.7 Å². The zero-order valence-corrected chi connectivity index (χ0v) is 11.7. The summed E-state index contributed by atoms with van der Waals surface area (Å²) >= 11 is 0. The van der Waals surface area contributed by atoms with Gasteiger partial charge in [0, 0.05) is 13.6 Å². The number of hydrogen-bond donors (Lipinski definition) is 6. The molecule has 0 heterocycles. The van der Waals surface area contributed by atoms with Gasteiger partial charge in [0.1, 0.15) is 5.54 Å². The van der Waals surface area contributed by atoms with Gasteiger partial charge in [-0.3, -0.25) is 10.2 Å². The molecule has 1 atom stereocenters. The molecule has 0 aromatic heterocycles. The zero-order valence-electron chi connectivity index (χ0n) is 10.9. The van der Waals surface area contributed by atoms with Crippen LogP contribution >= 0.6 is 12.4 Å². The maximum atomic E-state index is 11.1. The van der Waals surface area contributed by atoms with E-state index in [1.807, 2.05) is 0 Å². The summed E-state index contributed by atoms with van der Waals surface area (Å²) in [7, 11) is 0.103. The number of aliphatic carboxylic acids is 1. The summed E-state index contributed by atoms with van der Waals surface area (Å²) < 4.78 is 0. The van der Waals surface area contributed by atoms with E-state index >= 15 is 0 Å². The lowest BCUT2D eigenvalue weighted by atomic mass is 9.82. The van der Waals surface area contributed by atoms with E-state index < -0.39 is 18.6 Å². The number of hydrogen-bond acceptors (Lipinski definition) is 5. The highest BCUT2D eigenvalue weighted by atomic mass is 35.5. The first-order chi connectivity index (χ1) is 8.19. The second kappa shape index (κ2) is 8.97. The van der Waals surface area contributed by atoms with Crippen molar-refractivity contribution in [1.82, 2.24) is 4.90 Å². The van der Waals surface area contributed by atoms with Crippen molar-refractivity contribution in [2.45, 2.75) is 31.1 Å². The Morgan fingerprint density at radius 1 is 1.42 bits per heavy atom. The van der Waals surface area contributed by atoms with Gasteiger partial charge in [-0.1, -0.05) is 12.8 Å². The molecule has 0 aromatic carbocycles. The Kier molecular flexibility index (Phi) is 9.58. The number of carboxylic acids is 1. The van der Waals surface area contributed by atoms with Crippen LogP contribution in [0, 0.1) is 5.41 Å². The molecule has 0 spiro atoms. The second-order valence-electron chi connectivity index (χ2n) is 4.43. The Bertz CT molecular complexity index is 308. The number of unbranched alkanes of at least 4 members (excludes halogenated alkanes) is 1. The largest absolute Gasteiger partial charge is 0.480 e. The van der Waals surface area contributed by atoms with Crippen LogP contribution in [0.4, 0.5) is 0 Å². The number of nitrogens with one attached hydrogen (secondary N) is 1. The van der Waals surface area contributed by atoms with Crippen LogP contribution in [0.15, 0.2) is 0 Å². The maximum Gasteiger partial charge on any atom is 0.451 e. The summed E-state index contributed by atoms with van der Waals surface area (Å²) in [5, 5.41) is 33.6. The molecule has 8 N–H and O–H groups in total. The number of halogens is 1. The van der Waals surface area contributed by atoms with Crippen molar-refractivity contribution in [2.75, 3.05) is 13.6 Å². The molecule has 1 unspecified atom stereocenters. The Balaban J connectivity index is 0. The third kappa shape index (κ3) is 7.88. The minimum absolute atomic E-state index is 0. The SMILES string of the molecule is CN(CC(N)(CCCCB(O)O)C(=O)O)C(=N)N.Cl. The molecule has 112 valence electrons. The third-order valence-corrected chi connectivity index (χ3v) is 2.69.